The van der Waals surface area contributed by atoms with Crippen molar-refractivity contribution in [3.05, 3.63) is 30.1 Å². The lowest BCUT2D eigenvalue weighted by molar-refractivity contribution is -0.704. The summed E-state index contributed by atoms with van der Waals surface area (Å²) in [7, 11) is 0. The van der Waals surface area contributed by atoms with Crippen LogP contribution >= 0.6 is 0 Å². The molecule has 0 fully saturated rings. The summed E-state index contributed by atoms with van der Waals surface area (Å²) in [6, 6.07) is 6.57. The Morgan fingerprint density at radius 1 is 0.889 bits per heavy atom. The summed E-state index contributed by atoms with van der Waals surface area (Å²) in [5, 5.41) is 0. The van der Waals surface area contributed by atoms with Crippen molar-refractivity contribution in [2.24, 2.45) is 0 Å². The SMILES string of the molecule is CCCCCCCC[n+]1ccccc1CCC.[Cl-]. The minimum atomic E-state index is 0. The normalized spacial score (nSPS) is 10.1. The molecule has 0 amide bonds. The monoisotopic (exact) mass is 269 g/mol. The van der Waals surface area contributed by atoms with Crippen LogP contribution in [0.4, 0.5) is 0 Å². The lowest BCUT2D eigenvalue weighted by Crippen LogP contribution is -3.00. The fraction of sp³-hybridized carbons (Fsp3) is 0.688. The fourth-order valence-corrected chi connectivity index (χ4v) is 2.28. The van der Waals surface area contributed by atoms with Crippen LogP contribution in [-0.4, -0.2) is 0 Å². The zero-order valence-electron chi connectivity index (χ0n) is 12.0. The van der Waals surface area contributed by atoms with E-state index in [2.05, 4.69) is 42.8 Å². The van der Waals surface area contributed by atoms with Crippen molar-refractivity contribution in [1.29, 1.82) is 0 Å². The standard InChI is InChI=1S/C16H28N.ClH/c1-3-5-6-7-8-10-14-17-15-11-9-13-16(17)12-4-2;/h9,11,13,15H,3-8,10,12,14H2,1-2H3;1H/q+1;/p-1. The summed E-state index contributed by atoms with van der Waals surface area (Å²) in [5.41, 5.74) is 1.49. The molecule has 1 nitrogen and oxygen atoms in total. The van der Waals surface area contributed by atoms with Crippen LogP contribution in [-0.2, 0) is 13.0 Å². The van der Waals surface area contributed by atoms with Crippen LogP contribution in [0.5, 0.6) is 0 Å². The number of nitrogens with zero attached hydrogens (tertiary/aromatic N) is 1. The van der Waals surface area contributed by atoms with Gasteiger partial charge in [0.05, 0.1) is 0 Å². The van der Waals surface area contributed by atoms with Gasteiger partial charge in [-0.15, -0.1) is 0 Å². The number of hydrogen-bond donors (Lipinski definition) is 0. The number of unbranched alkanes of at least 4 members (excludes halogenated alkanes) is 5. The number of aromatic nitrogens is 1. The first-order valence-corrected chi connectivity index (χ1v) is 7.35. The van der Waals surface area contributed by atoms with E-state index in [0.29, 0.717) is 0 Å². The average molecular weight is 270 g/mol. The molecule has 0 saturated carbocycles. The maximum Gasteiger partial charge on any atom is 0.181 e. The minimum absolute atomic E-state index is 0. The Labute approximate surface area is 119 Å². The lowest BCUT2D eigenvalue weighted by atomic mass is 10.1. The van der Waals surface area contributed by atoms with Gasteiger partial charge in [-0.1, -0.05) is 45.6 Å². The topological polar surface area (TPSA) is 3.88 Å². The molecule has 1 aromatic rings. The third kappa shape index (κ3) is 7.00. The zero-order chi connectivity index (χ0) is 12.3. The van der Waals surface area contributed by atoms with Crippen LogP contribution in [0.2, 0.25) is 0 Å². The van der Waals surface area contributed by atoms with Gasteiger partial charge in [0, 0.05) is 25.0 Å². The van der Waals surface area contributed by atoms with Crippen molar-refractivity contribution in [3.63, 3.8) is 0 Å². The van der Waals surface area contributed by atoms with Crippen molar-refractivity contribution in [2.45, 2.75) is 71.8 Å². The molecule has 0 aliphatic heterocycles. The minimum Gasteiger partial charge on any atom is -1.00 e. The smallest absolute Gasteiger partial charge is 0.181 e. The van der Waals surface area contributed by atoms with Crippen molar-refractivity contribution in [1.82, 2.24) is 0 Å². The average Bonchev–Trinajstić information content (AvgIpc) is 2.36. The van der Waals surface area contributed by atoms with E-state index in [1.807, 2.05) is 0 Å². The molecule has 2 heteroatoms. The van der Waals surface area contributed by atoms with Crippen LogP contribution in [0.1, 0.15) is 64.5 Å². The van der Waals surface area contributed by atoms with Crippen LogP contribution < -0.4 is 17.0 Å². The highest BCUT2D eigenvalue weighted by molar-refractivity contribution is 4.97. The van der Waals surface area contributed by atoms with E-state index in [4.69, 9.17) is 0 Å². The van der Waals surface area contributed by atoms with Crippen LogP contribution in [0.25, 0.3) is 0 Å². The Morgan fingerprint density at radius 2 is 1.61 bits per heavy atom. The van der Waals surface area contributed by atoms with Gasteiger partial charge in [0.25, 0.3) is 0 Å². The van der Waals surface area contributed by atoms with Crippen molar-refractivity contribution in [2.75, 3.05) is 0 Å². The van der Waals surface area contributed by atoms with Gasteiger partial charge in [-0.05, 0) is 12.8 Å². The largest absolute Gasteiger partial charge is 1.00 e. The second kappa shape index (κ2) is 11.5. The number of hydrogen-bond acceptors (Lipinski definition) is 0. The van der Waals surface area contributed by atoms with E-state index in [-0.39, 0.29) is 12.4 Å². The Hall–Kier alpha value is -0.560. The quantitative estimate of drug-likeness (QED) is 0.470. The molecule has 1 rings (SSSR count). The molecule has 0 atom stereocenters. The molecule has 0 aliphatic carbocycles. The van der Waals surface area contributed by atoms with Crippen LogP contribution in [0.3, 0.4) is 0 Å². The highest BCUT2D eigenvalue weighted by Crippen LogP contribution is 2.05. The first kappa shape index (κ1) is 17.4. The van der Waals surface area contributed by atoms with E-state index in [9.17, 15) is 0 Å². The summed E-state index contributed by atoms with van der Waals surface area (Å²) in [6.45, 7) is 5.72. The maximum absolute atomic E-state index is 2.43. The molecule has 1 heterocycles. The molecular weight excluding hydrogens is 242 g/mol. The Morgan fingerprint density at radius 3 is 2.33 bits per heavy atom. The molecule has 18 heavy (non-hydrogen) atoms. The van der Waals surface area contributed by atoms with E-state index in [0.717, 1.165) is 0 Å². The first-order chi connectivity index (χ1) is 8.38. The highest BCUT2D eigenvalue weighted by Gasteiger charge is 2.07. The molecule has 0 aromatic carbocycles. The van der Waals surface area contributed by atoms with Crippen LogP contribution in [0.15, 0.2) is 24.4 Å². The lowest BCUT2D eigenvalue weighted by Gasteiger charge is -2.03. The van der Waals surface area contributed by atoms with Gasteiger partial charge < -0.3 is 12.4 Å². The van der Waals surface area contributed by atoms with Gasteiger partial charge in [0.15, 0.2) is 11.9 Å². The molecule has 0 radical (unpaired) electrons. The molecule has 0 aliphatic rings. The van der Waals surface area contributed by atoms with Gasteiger partial charge in [0.1, 0.15) is 6.54 Å². The summed E-state index contributed by atoms with van der Waals surface area (Å²) < 4.78 is 2.43. The summed E-state index contributed by atoms with van der Waals surface area (Å²) >= 11 is 0. The number of pyridine rings is 1. The summed E-state index contributed by atoms with van der Waals surface area (Å²) in [5.74, 6) is 0. The van der Waals surface area contributed by atoms with E-state index in [1.54, 1.807) is 0 Å². The number of aryl methyl sites for hydroxylation is 2. The molecule has 0 spiro atoms. The predicted octanol–water partition coefficient (Wildman–Crippen LogP) is 1.29. The Kier molecular flexibility index (Phi) is 11.2. The van der Waals surface area contributed by atoms with Gasteiger partial charge in [0.2, 0.25) is 0 Å². The Bertz CT molecular complexity index is 299. The summed E-state index contributed by atoms with van der Waals surface area (Å²) in [6.07, 6.45) is 13.0. The number of halogens is 1. The predicted molar refractivity (Wildman–Crippen MR) is 74.0 cm³/mol. The van der Waals surface area contributed by atoms with Gasteiger partial charge >= 0.3 is 0 Å². The molecule has 0 bridgehead atoms. The van der Waals surface area contributed by atoms with Crippen molar-refractivity contribution < 1.29 is 17.0 Å². The second-order valence-electron chi connectivity index (χ2n) is 4.90. The second-order valence-corrected chi connectivity index (χ2v) is 4.90. The van der Waals surface area contributed by atoms with Crippen molar-refractivity contribution in [3.8, 4) is 0 Å². The van der Waals surface area contributed by atoms with Gasteiger partial charge in [-0.3, -0.25) is 0 Å². The molecule has 0 N–H and O–H groups in total. The number of rotatable bonds is 9. The summed E-state index contributed by atoms with van der Waals surface area (Å²) in [4.78, 5) is 0. The molecule has 1 aromatic heterocycles. The Balaban J connectivity index is 0.00000289. The van der Waals surface area contributed by atoms with Crippen LogP contribution in [0, 0.1) is 0 Å². The molecule has 0 unspecified atom stereocenters. The molecule has 104 valence electrons. The zero-order valence-corrected chi connectivity index (χ0v) is 12.8. The van der Waals surface area contributed by atoms with Gasteiger partial charge in [-0.25, -0.2) is 4.57 Å². The molecular formula is C16H28ClN. The fourth-order valence-electron chi connectivity index (χ4n) is 2.28. The third-order valence-electron chi connectivity index (χ3n) is 3.29. The maximum atomic E-state index is 2.43. The van der Waals surface area contributed by atoms with E-state index in [1.165, 1.54) is 63.6 Å². The van der Waals surface area contributed by atoms with E-state index < -0.39 is 0 Å². The first-order valence-electron chi connectivity index (χ1n) is 7.35. The molecule has 0 saturated heterocycles. The van der Waals surface area contributed by atoms with Gasteiger partial charge in [-0.2, -0.15) is 0 Å². The third-order valence-corrected chi connectivity index (χ3v) is 3.29. The van der Waals surface area contributed by atoms with E-state index >= 15 is 0 Å². The highest BCUT2D eigenvalue weighted by atomic mass is 35.5. The van der Waals surface area contributed by atoms with Crippen molar-refractivity contribution >= 4 is 0 Å².